The second-order valence-corrected chi connectivity index (χ2v) is 7.99. The lowest BCUT2D eigenvalue weighted by Crippen LogP contribution is -2.39. The van der Waals surface area contributed by atoms with E-state index in [2.05, 4.69) is 0 Å². The molecule has 1 aliphatic heterocycles. The molecule has 9 heteroatoms. The molecule has 2 aromatic carbocycles. The van der Waals surface area contributed by atoms with Crippen molar-refractivity contribution in [3.63, 3.8) is 0 Å². The molecule has 33 heavy (non-hydrogen) atoms. The summed E-state index contributed by atoms with van der Waals surface area (Å²) in [5.41, 5.74) is -1.42. The Kier molecular flexibility index (Phi) is 6.90. The number of benzene rings is 2. The van der Waals surface area contributed by atoms with E-state index < -0.39 is 53.7 Å². The molecule has 0 radical (unpaired) electrons. The lowest BCUT2D eigenvalue weighted by molar-refractivity contribution is -0.145. The van der Waals surface area contributed by atoms with E-state index in [4.69, 9.17) is 4.74 Å². The number of carbonyl (C=O) groups is 2. The molecule has 0 fully saturated rings. The molecule has 0 spiro atoms. The monoisotopic (exact) mass is 467 g/mol. The molecule has 0 aliphatic carbocycles. The van der Waals surface area contributed by atoms with Crippen LogP contribution in [0.5, 0.6) is 0 Å². The Labute approximate surface area is 187 Å². The van der Waals surface area contributed by atoms with E-state index in [1.54, 1.807) is 13.8 Å². The number of ether oxygens (including phenoxy) is 1. The third-order valence-electron chi connectivity index (χ3n) is 5.39. The summed E-state index contributed by atoms with van der Waals surface area (Å²) in [5.74, 6) is -4.96. The fourth-order valence-corrected chi connectivity index (χ4v) is 3.91. The summed E-state index contributed by atoms with van der Waals surface area (Å²) < 4.78 is 74.2. The number of alkyl halides is 3. The van der Waals surface area contributed by atoms with Crippen molar-refractivity contribution in [2.24, 2.45) is 0 Å². The van der Waals surface area contributed by atoms with Crippen LogP contribution < -0.4 is 0 Å². The van der Waals surface area contributed by atoms with E-state index in [0.29, 0.717) is 0 Å². The predicted molar refractivity (Wildman–Crippen MR) is 110 cm³/mol. The van der Waals surface area contributed by atoms with Crippen LogP contribution >= 0.6 is 0 Å². The van der Waals surface area contributed by atoms with E-state index in [0.717, 1.165) is 17.0 Å². The van der Waals surface area contributed by atoms with Crippen LogP contribution in [0.1, 0.15) is 49.8 Å². The van der Waals surface area contributed by atoms with Crippen molar-refractivity contribution in [3.8, 4) is 0 Å². The van der Waals surface area contributed by atoms with Crippen molar-refractivity contribution in [3.05, 3.63) is 82.1 Å². The summed E-state index contributed by atoms with van der Waals surface area (Å²) in [6.45, 7) is 4.16. The molecule has 1 aliphatic rings. The first-order valence-electron chi connectivity index (χ1n) is 10.2. The van der Waals surface area contributed by atoms with Gasteiger partial charge in [-0.2, -0.15) is 13.2 Å². The molecule has 1 heterocycles. The first-order chi connectivity index (χ1) is 15.4. The van der Waals surface area contributed by atoms with E-state index in [1.165, 1.54) is 37.3 Å². The van der Waals surface area contributed by atoms with Crippen LogP contribution in [-0.2, 0) is 27.0 Å². The summed E-state index contributed by atoms with van der Waals surface area (Å²) >= 11 is 0. The largest absolute Gasteiger partial charge is 0.460 e. The van der Waals surface area contributed by atoms with Gasteiger partial charge in [0.2, 0.25) is 5.91 Å². The van der Waals surface area contributed by atoms with Gasteiger partial charge in [-0.1, -0.05) is 30.3 Å². The van der Waals surface area contributed by atoms with Crippen molar-refractivity contribution < 1.29 is 36.3 Å². The molecule has 0 N–H and O–H groups in total. The van der Waals surface area contributed by atoms with Gasteiger partial charge >= 0.3 is 12.1 Å². The molecular weight excluding hydrogens is 445 g/mol. The topological polar surface area (TPSA) is 46.6 Å². The molecule has 1 atom stereocenters. The van der Waals surface area contributed by atoms with Gasteiger partial charge in [0.25, 0.3) is 0 Å². The standard InChI is InChI=1S/C24H22F5NO3/c1-13(2)33-23(32)21-14(3)30(12-15-7-6-10-19(25)22(15)26)20(31)11-17(21)16-8-4-5-9-18(16)24(27,28)29/h4-10,13,17H,11-12H2,1-3H3/t17-/m0/s1. The summed E-state index contributed by atoms with van der Waals surface area (Å²) in [5, 5.41) is 0. The van der Waals surface area contributed by atoms with Crippen molar-refractivity contribution in [1.29, 1.82) is 0 Å². The van der Waals surface area contributed by atoms with Crippen molar-refractivity contribution in [2.75, 3.05) is 0 Å². The molecule has 2 aromatic rings. The molecule has 0 bridgehead atoms. The molecule has 1 amide bonds. The van der Waals surface area contributed by atoms with Gasteiger partial charge in [-0.25, -0.2) is 13.6 Å². The number of esters is 1. The lowest BCUT2D eigenvalue weighted by Gasteiger charge is -2.35. The second kappa shape index (κ2) is 9.33. The average molecular weight is 467 g/mol. The number of rotatable bonds is 5. The molecular formula is C24H22F5NO3. The third-order valence-corrected chi connectivity index (χ3v) is 5.39. The Balaban J connectivity index is 2.14. The Hall–Kier alpha value is -3.23. The highest BCUT2D eigenvalue weighted by atomic mass is 19.4. The van der Waals surface area contributed by atoms with Crippen LogP contribution in [0.15, 0.2) is 53.7 Å². The molecule has 3 rings (SSSR count). The molecule has 0 unspecified atom stereocenters. The minimum atomic E-state index is -4.71. The van der Waals surface area contributed by atoms with Crippen molar-refractivity contribution in [2.45, 2.75) is 51.9 Å². The van der Waals surface area contributed by atoms with Gasteiger partial charge in [-0.15, -0.1) is 0 Å². The van der Waals surface area contributed by atoms with Gasteiger partial charge in [-0.05, 0) is 38.5 Å². The van der Waals surface area contributed by atoms with Gasteiger partial charge in [0.1, 0.15) is 0 Å². The minimum Gasteiger partial charge on any atom is -0.460 e. The quantitative estimate of drug-likeness (QED) is 0.417. The Bertz CT molecular complexity index is 1110. The number of hydrogen-bond acceptors (Lipinski definition) is 3. The highest BCUT2D eigenvalue weighted by Gasteiger charge is 2.42. The molecule has 176 valence electrons. The van der Waals surface area contributed by atoms with E-state index >= 15 is 0 Å². The fourth-order valence-electron chi connectivity index (χ4n) is 3.91. The molecule has 0 saturated heterocycles. The van der Waals surface area contributed by atoms with Crippen LogP contribution in [-0.4, -0.2) is 22.9 Å². The first-order valence-corrected chi connectivity index (χ1v) is 10.2. The smallest absolute Gasteiger partial charge is 0.416 e. The minimum absolute atomic E-state index is 0.0301. The molecule has 0 saturated carbocycles. The van der Waals surface area contributed by atoms with Crippen LogP contribution in [0, 0.1) is 11.6 Å². The zero-order valence-electron chi connectivity index (χ0n) is 18.2. The number of hydrogen-bond donors (Lipinski definition) is 0. The normalized spacial score (nSPS) is 17.1. The van der Waals surface area contributed by atoms with E-state index in [1.807, 2.05) is 0 Å². The summed E-state index contributed by atoms with van der Waals surface area (Å²) in [6.07, 6.45) is -5.74. The first kappa shape index (κ1) is 24.4. The maximum absolute atomic E-state index is 14.2. The van der Waals surface area contributed by atoms with E-state index in [9.17, 15) is 31.5 Å². The molecule has 4 nitrogen and oxygen atoms in total. The maximum Gasteiger partial charge on any atom is 0.416 e. The second-order valence-electron chi connectivity index (χ2n) is 7.99. The number of carbonyl (C=O) groups excluding carboxylic acids is 2. The zero-order valence-corrected chi connectivity index (χ0v) is 18.2. The van der Waals surface area contributed by atoms with Crippen LogP contribution in [0.4, 0.5) is 22.0 Å². The van der Waals surface area contributed by atoms with Crippen LogP contribution in [0.3, 0.4) is 0 Å². The molecule has 0 aromatic heterocycles. The third kappa shape index (κ3) is 5.07. The van der Waals surface area contributed by atoms with Crippen LogP contribution in [0.2, 0.25) is 0 Å². The van der Waals surface area contributed by atoms with Gasteiger partial charge in [0.05, 0.1) is 23.8 Å². The summed E-state index contributed by atoms with van der Waals surface area (Å²) in [6, 6.07) is 8.21. The highest BCUT2D eigenvalue weighted by Crippen LogP contribution is 2.43. The Morgan fingerprint density at radius 3 is 2.42 bits per heavy atom. The average Bonchev–Trinajstić information content (AvgIpc) is 2.72. The SMILES string of the molecule is CC1=C(C(=O)OC(C)C)[C@H](c2ccccc2C(F)(F)F)CC(=O)N1Cc1cccc(F)c1F. The lowest BCUT2D eigenvalue weighted by atomic mass is 9.81. The number of halogens is 5. The van der Waals surface area contributed by atoms with E-state index in [-0.39, 0.29) is 28.9 Å². The van der Waals surface area contributed by atoms with Crippen molar-refractivity contribution in [1.82, 2.24) is 4.90 Å². The maximum atomic E-state index is 14.2. The number of amides is 1. The summed E-state index contributed by atoms with van der Waals surface area (Å²) in [4.78, 5) is 27.0. The van der Waals surface area contributed by atoms with Gasteiger partial charge in [-0.3, -0.25) is 4.79 Å². The predicted octanol–water partition coefficient (Wildman–Crippen LogP) is 5.73. The highest BCUT2D eigenvalue weighted by molar-refractivity contribution is 5.96. The number of nitrogens with zero attached hydrogens (tertiary/aromatic N) is 1. The Morgan fingerprint density at radius 1 is 1.12 bits per heavy atom. The van der Waals surface area contributed by atoms with Gasteiger partial charge in [0, 0.05) is 23.6 Å². The van der Waals surface area contributed by atoms with Gasteiger partial charge in [0.15, 0.2) is 11.6 Å². The summed E-state index contributed by atoms with van der Waals surface area (Å²) in [7, 11) is 0. The van der Waals surface area contributed by atoms with Gasteiger partial charge < -0.3 is 9.64 Å². The zero-order chi connectivity index (χ0) is 24.5. The number of allylic oxidation sites excluding steroid dienone is 1. The Morgan fingerprint density at radius 2 is 1.79 bits per heavy atom. The van der Waals surface area contributed by atoms with Crippen molar-refractivity contribution >= 4 is 11.9 Å². The fraction of sp³-hybridized carbons (Fsp3) is 0.333. The van der Waals surface area contributed by atoms with Crippen LogP contribution in [0.25, 0.3) is 0 Å².